The third-order valence-corrected chi connectivity index (χ3v) is 4.74. The minimum absolute atomic E-state index is 1.08. The average molecular weight is 450 g/mol. The molecule has 0 saturated carbocycles. The summed E-state index contributed by atoms with van der Waals surface area (Å²) in [6.45, 7) is 0. The number of hydrogen-bond donors (Lipinski definition) is 0. The first kappa shape index (κ1) is 11.0. The number of benzene rings is 2. The molecule has 0 unspecified atom stereocenters. The van der Waals surface area contributed by atoms with Crippen molar-refractivity contribution in [2.45, 2.75) is 0 Å². The molecule has 3 rings (SSSR count). The molecule has 1 aromatic heterocycles. The van der Waals surface area contributed by atoms with E-state index in [1.165, 1.54) is 16.5 Å². The first-order valence-corrected chi connectivity index (χ1v) is 7.68. The van der Waals surface area contributed by atoms with Gasteiger partial charge in [0, 0.05) is 19.3 Å². The second kappa shape index (κ2) is 4.30. The van der Waals surface area contributed by atoms with Gasteiger partial charge in [-0.2, -0.15) is 0 Å². The van der Waals surface area contributed by atoms with Crippen LogP contribution < -0.4 is 0 Å². The summed E-state index contributed by atoms with van der Waals surface area (Å²) in [6.07, 6.45) is 0. The summed E-state index contributed by atoms with van der Waals surface area (Å²) >= 11 is 6.48. The Kier molecular flexibility index (Phi) is 2.97. The quantitative estimate of drug-likeness (QED) is 0.269. The summed E-state index contributed by atoms with van der Waals surface area (Å²) in [7, 11) is 0. The lowest BCUT2D eigenvalue weighted by molar-refractivity contribution is 1.51. The summed E-state index contributed by atoms with van der Waals surface area (Å²) < 4.78 is 5.02. The molecule has 3 aromatic rings. The van der Waals surface area contributed by atoms with Gasteiger partial charge in [0.1, 0.15) is 11.0 Å². The van der Waals surface area contributed by atoms with E-state index >= 15 is 0 Å². The van der Waals surface area contributed by atoms with Gasteiger partial charge in [-0.05, 0) is 69.4 Å². The van der Waals surface area contributed by atoms with Gasteiger partial charge in [0.15, 0.2) is 0 Å². The van der Waals surface area contributed by atoms with Crippen molar-refractivity contribution in [2.24, 2.45) is 0 Å². The molecule has 0 saturated heterocycles. The molecule has 0 spiro atoms. The van der Waals surface area contributed by atoms with Crippen molar-refractivity contribution in [2.75, 3.05) is 0 Å². The SMILES string of the molecule is Ic1ccc2nc3ccc(I)cc3[s+]c2c1. The molecular formula is C12H6I2NS+. The molecule has 4 heteroatoms. The van der Waals surface area contributed by atoms with Crippen molar-refractivity contribution in [3.05, 3.63) is 43.5 Å². The molecule has 0 fully saturated rings. The first-order chi connectivity index (χ1) is 7.72. The van der Waals surface area contributed by atoms with Crippen LogP contribution in [0.15, 0.2) is 36.4 Å². The highest BCUT2D eigenvalue weighted by Gasteiger charge is 2.12. The molecule has 1 heterocycles. The number of fused-ring (bicyclic) bond motifs is 2. The van der Waals surface area contributed by atoms with Crippen LogP contribution in [0.1, 0.15) is 0 Å². The fourth-order valence-electron chi connectivity index (χ4n) is 1.57. The van der Waals surface area contributed by atoms with Crippen LogP contribution >= 0.6 is 56.5 Å². The second-order valence-corrected chi connectivity index (χ2v) is 7.01. The van der Waals surface area contributed by atoms with Crippen LogP contribution in [-0.2, 0) is 0 Å². The fraction of sp³-hybridized carbons (Fsp3) is 0. The maximum absolute atomic E-state index is 4.66. The third-order valence-electron chi connectivity index (χ3n) is 2.30. The van der Waals surface area contributed by atoms with Gasteiger partial charge in [0.25, 0.3) is 9.40 Å². The summed E-state index contributed by atoms with van der Waals surface area (Å²) in [5.74, 6) is 0. The minimum atomic E-state index is 1.08. The van der Waals surface area contributed by atoms with Crippen molar-refractivity contribution in [1.29, 1.82) is 0 Å². The molecule has 1 nitrogen and oxygen atoms in total. The van der Waals surface area contributed by atoms with Crippen LogP contribution in [0.2, 0.25) is 0 Å². The summed E-state index contributed by atoms with van der Waals surface area (Å²) in [5.41, 5.74) is 2.17. The fourth-order valence-corrected chi connectivity index (χ4v) is 4.02. The van der Waals surface area contributed by atoms with Gasteiger partial charge in [0.2, 0.25) is 11.3 Å². The van der Waals surface area contributed by atoms with E-state index in [-0.39, 0.29) is 0 Å². The topological polar surface area (TPSA) is 12.9 Å². The first-order valence-electron chi connectivity index (χ1n) is 4.71. The van der Waals surface area contributed by atoms with Gasteiger partial charge in [-0.1, -0.05) is 0 Å². The zero-order valence-electron chi connectivity index (χ0n) is 8.08. The summed E-state index contributed by atoms with van der Waals surface area (Å²) in [6, 6.07) is 12.7. The van der Waals surface area contributed by atoms with Crippen molar-refractivity contribution >= 4 is 77.0 Å². The lowest BCUT2D eigenvalue weighted by atomic mass is 10.3. The maximum atomic E-state index is 4.66. The highest BCUT2D eigenvalue weighted by molar-refractivity contribution is 14.1. The minimum Gasteiger partial charge on any atom is -0.237 e. The Hall–Kier alpha value is -0.0800. The standard InChI is InChI=1S/C12H6I2NS/c13-7-1-3-9-11(5-7)16-12-6-8(14)2-4-10(12)15-9/h1-6H/q+1. The number of nitrogens with zero attached hydrogens (tertiary/aromatic N) is 1. The van der Waals surface area contributed by atoms with Crippen molar-refractivity contribution in [3.8, 4) is 0 Å². The smallest absolute Gasteiger partial charge is 0.237 e. The van der Waals surface area contributed by atoms with Crippen molar-refractivity contribution in [1.82, 2.24) is 4.98 Å². The molecule has 0 aliphatic heterocycles. The second-order valence-electron chi connectivity index (χ2n) is 3.44. The zero-order valence-corrected chi connectivity index (χ0v) is 13.2. The van der Waals surface area contributed by atoms with E-state index in [1.807, 2.05) is 11.3 Å². The van der Waals surface area contributed by atoms with Gasteiger partial charge < -0.3 is 0 Å². The maximum Gasteiger partial charge on any atom is 0.258 e. The highest BCUT2D eigenvalue weighted by atomic mass is 127. The summed E-state index contributed by atoms with van der Waals surface area (Å²) in [4.78, 5) is 4.66. The summed E-state index contributed by atoms with van der Waals surface area (Å²) in [5, 5.41) is 0. The molecule has 0 N–H and O–H groups in total. The average Bonchev–Trinajstić information content (AvgIpc) is 2.26. The highest BCUT2D eigenvalue weighted by Crippen LogP contribution is 2.27. The lowest BCUT2D eigenvalue weighted by Gasteiger charge is -1.93. The van der Waals surface area contributed by atoms with Crippen LogP contribution in [0.25, 0.3) is 20.4 Å². The van der Waals surface area contributed by atoms with Crippen LogP contribution in [0, 0.1) is 7.14 Å². The molecule has 0 radical (unpaired) electrons. The van der Waals surface area contributed by atoms with E-state index in [0.29, 0.717) is 0 Å². The van der Waals surface area contributed by atoms with Crippen molar-refractivity contribution in [3.63, 3.8) is 0 Å². The molecule has 0 aliphatic carbocycles. The molecule has 16 heavy (non-hydrogen) atoms. The molecule has 2 aromatic carbocycles. The Bertz CT molecular complexity index is 640. The van der Waals surface area contributed by atoms with E-state index in [9.17, 15) is 0 Å². The number of halogens is 2. The van der Waals surface area contributed by atoms with Gasteiger partial charge in [-0.25, -0.2) is 4.98 Å². The number of aromatic nitrogens is 1. The largest absolute Gasteiger partial charge is 0.258 e. The molecule has 0 atom stereocenters. The van der Waals surface area contributed by atoms with Crippen LogP contribution in [0.4, 0.5) is 0 Å². The van der Waals surface area contributed by atoms with Crippen LogP contribution in [-0.4, -0.2) is 4.98 Å². The predicted octanol–water partition coefficient (Wildman–Crippen LogP) is 4.94. The lowest BCUT2D eigenvalue weighted by Crippen LogP contribution is -1.81. The Morgan fingerprint density at radius 2 is 1.31 bits per heavy atom. The molecule has 0 bridgehead atoms. The van der Waals surface area contributed by atoms with Gasteiger partial charge in [-0.3, -0.25) is 0 Å². The Labute approximate surface area is 124 Å². The third kappa shape index (κ3) is 2.02. The Morgan fingerprint density at radius 3 is 1.81 bits per heavy atom. The number of rotatable bonds is 0. The zero-order chi connectivity index (χ0) is 11.1. The number of hydrogen-bond acceptors (Lipinski definition) is 1. The Balaban J connectivity index is 2.44. The van der Waals surface area contributed by atoms with E-state index < -0.39 is 0 Å². The molecule has 0 aliphatic rings. The van der Waals surface area contributed by atoms with E-state index in [4.69, 9.17) is 0 Å². The van der Waals surface area contributed by atoms with Gasteiger partial charge in [-0.15, -0.1) is 0 Å². The molecule has 78 valence electrons. The Morgan fingerprint density at radius 1 is 0.812 bits per heavy atom. The van der Waals surface area contributed by atoms with Crippen LogP contribution in [0.5, 0.6) is 0 Å². The predicted molar refractivity (Wildman–Crippen MR) is 87.0 cm³/mol. The van der Waals surface area contributed by atoms with Gasteiger partial charge >= 0.3 is 0 Å². The monoisotopic (exact) mass is 450 g/mol. The molecule has 0 amide bonds. The molecular weight excluding hydrogens is 444 g/mol. The van der Waals surface area contributed by atoms with E-state index in [1.54, 1.807) is 0 Å². The normalized spacial score (nSPS) is 11.1. The van der Waals surface area contributed by atoms with E-state index in [0.717, 1.165) is 11.0 Å². The van der Waals surface area contributed by atoms with E-state index in [2.05, 4.69) is 86.6 Å². The van der Waals surface area contributed by atoms with Gasteiger partial charge in [0.05, 0.1) is 0 Å². The van der Waals surface area contributed by atoms with Crippen molar-refractivity contribution < 1.29 is 0 Å². The van der Waals surface area contributed by atoms with Crippen LogP contribution in [0.3, 0.4) is 0 Å².